The largest absolute Gasteiger partial charge is 0.463 e. The molecule has 1 atom stereocenters. The van der Waals surface area contributed by atoms with E-state index in [1.54, 1.807) is 31.2 Å². The number of nitrogens with one attached hydrogen (secondary N) is 1. The van der Waals surface area contributed by atoms with Gasteiger partial charge >= 0.3 is 11.9 Å². The summed E-state index contributed by atoms with van der Waals surface area (Å²) in [7, 11) is 0. The molecule has 0 saturated carbocycles. The molecule has 1 aromatic rings. The average Bonchev–Trinajstić information content (AvgIpc) is 2.53. The van der Waals surface area contributed by atoms with Crippen LogP contribution in [0.4, 0.5) is 5.69 Å². The lowest BCUT2D eigenvalue weighted by Gasteiger charge is -2.13. The molecule has 0 unspecified atom stereocenters. The Kier molecular flexibility index (Phi) is 7.01. The first-order valence-electron chi connectivity index (χ1n) is 6.83. The molecule has 0 saturated heterocycles. The Morgan fingerprint density at radius 2 is 1.91 bits per heavy atom. The van der Waals surface area contributed by atoms with Gasteiger partial charge in [0.2, 0.25) is 0 Å². The van der Waals surface area contributed by atoms with Crippen molar-refractivity contribution in [1.29, 1.82) is 5.26 Å². The molecule has 7 heteroatoms. The van der Waals surface area contributed by atoms with Gasteiger partial charge in [-0.1, -0.05) is 12.1 Å². The summed E-state index contributed by atoms with van der Waals surface area (Å²) in [5.41, 5.74) is 0.617. The molecule has 1 aromatic carbocycles. The Morgan fingerprint density at radius 1 is 1.26 bits per heavy atom. The monoisotopic (exact) mass is 316 g/mol. The molecule has 1 N–H and O–H groups in total. The van der Waals surface area contributed by atoms with E-state index in [-0.39, 0.29) is 6.61 Å². The highest BCUT2D eigenvalue weighted by Gasteiger charge is 2.17. The van der Waals surface area contributed by atoms with Gasteiger partial charge in [0.15, 0.2) is 6.10 Å². The molecule has 23 heavy (non-hydrogen) atoms. The summed E-state index contributed by atoms with van der Waals surface area (Å²) in [4.78, 5) is 34.5. The van der Waals surface area contributed by atoms with Gasteiger partial charge in [0, 0.05) is 12.2 Å². The Morgan fingerprint density at radius 3 is 2.57 bits per heavy atom. The highest BCUT2D eigenvalue weighted by molar-refractivity contribution is 5.97. The summed E-state index contributed by atoms with van der Waals surface area (Å²) in [5, 5.41) is 11.4. The number of carbonyl (C=O) groups excluding carboxylic acids is 3. The second-order valence-electron chi connectivity index (χ2n) is 4.31. The number of rotatable bonds is 6. The van der Waals surface area contributed by atoms with E-state index in [1.165, 1.54) is 6.92 Å². The normalized spacial score (nSPS) is 11.3. The van der Waals surface area contributed by atoms with Crippen LogP contribution in [0, 0.1) is 11.3 Å². The number of amides is 1. The van der Waals surface area contributed by atoms with E-state index >= 15 is 0 Å². The second-order valence-corrected chi connectivity index (χ2v) is 4.31. The molecule has 0 spiro atoms. The lowest BCUT2D eigenvalue weighted by atomic mass is 10.2. The quantitative estimate of drug-likeness (QED) is 0.630. The zero-order chi connectivity index (χ0) is 17.2. The van der Waals surface area contributed by atoms with Gasteiger partial charge in [0.05, 0.1) is 17.9 Å². The van der Waals surface area contributed by atoms with Crippen molar-refractivity contribution in [3.05, 3.63) is 42.0 Å². The predicted octanol–water partition coefficient (Wildman–Crippen LogP) is 1.55. The third kappa shape index (κ3) is 6.01. The van der Waals surface area contributed by atoms with Crippen LogP contribution in [-0.2, 0) is 23.9 Å². The minimum Gasteiger partial charge on any atom is -0.463 e. The van der Waals surface area contributed by atoms with Crippen LogP contribution in [0.15, 0.2) is 36.4 Å². The summed E-state index contributed by atoms with van der Waals surface area (Å²) in [6.07, 6.45) is 0.702. The molecule has 0 fully saturated rings. The van der Waals surface area contributed by atoms with Gasteiger partial charge in [-0.05, 0) is 26.0 Å². The number of esters is 2. The molecule has 0 aliphatic rings. The SMILES string of the molecule is CCOC(=O)/C=C/C(=O)O[C@@H](C)C(=O)Nc1ccccc1C#N. The van der Waals surface area contributed by atoms with Crippen molar-refractivity contribution in [1.82, 2.24) is 0 Å². The number of nitriles is 1. The first-order chi connectivity index (χ1) is 11.0. The average molecular weight is 316 g/mol. The molecule has 0 bridgehead atoms. The number of benzene rings is 1. The molecule has 0 aliphatic heterocycles. The highest BCUT2D eigenvalue weighted by Crippen LogP contribution is 2.14. The lowest BCUT2D eigenvalue weighted by Crippen LogP contribution is -2.29. The molecule has 7 nitrogen and oxygen atoms in total. The van der Waals surface area contributed by atoms with E-state index in [0.717, 1.165) is 12.2 Å². The Hall–Kier alpha value is -3.14. The van der Waals surface area contributed by atoms with E-state index in [4.69, 9.17) is 10.00 Å². The van der Waals surface area contributed by atoms with Crippen molar-refractivity contribution in [3.8, 4) is 6.07 Å². The fraction of sp³-hybridized carbons (Fsp3) is 0.250. The molecular formula is C16H16N2O5. The van der Waals surface area contributed by atoms with Gasteiger partial charge in [-0.3, -0.25) is 4.79 Å². The summed E-state index contributed by atoms with van der Waals surface area (Å²) in [6.45, 7) is 3.20. The van der Waals surface area contributed by atoms with E-state index in [1.807, 2.05) is 6.07 Å². The van der Waals surface area contributed by atoms with Crippen LogP contribution < -0.4 is 5.32 Å². The Bertz CT molecular complexity index is 661. The van der Waals surface area contributed by atoms with Crippen molar-refractivity contribution >= 4 is 23.5 Å². The van der Waals surface area contributed by atoms with Gasteiger partial charge in [-0.25, -0.2) is 9.59 Å². The van der Waals surface area contributed by atoms with Crippen LogP contribution in [0.2, 0.25) is 0 Å². The molecule has 0 radical (unpaired) electrons. The number of carbonyl (C=O) groups is 3. The molecular weight excluding hydrogens is 300 g/mol. The molecule has 1 rings (SSSR count). The predicted molar refractivity (Wildman–Crippen MR) is 81.1 cm³/mol. The van der Waals surface area contributed by atoms with E-state index < -0.39 is 23.9 Å². The number of hydrogen-bond donors (Lipinski definition) is 1. The number of hydrogen-bond acceptors (Lipinski definition) is 6. The Balaban J connectivity index is 2.59. The first-order valence-corrected chi connectivity index (χ1v) is 6.83. The molecule has 0 heterocycles. The molecule has 0 aromatic heterocycles. The van der Waals surface area contributed by atoms with Crippen molar-refractivity contribution in [2.24, 2.45) is 0 Å². The van der Waals surface area contributed by atoms with Crippen LogP contribution in [-0.4, -0.2) is 30.6 Å². The van der Waals surface area contributed by atoms with Crippen LogP contribution >= 0.6 is 0 Å². The standard InChI is InChI=1S/C16H16N2O5/c1-3-22-14(19)8-9-15(20)23-11(2)16(21)18-13-7-5-4-6-12(13)10-17/h4-9,11H,3H2,1-2H3,(H,18,21)/b9-8+/t11-/m0/s1. The minimum atomic E-state index is -1.10. The van der Waals surface area contributed by atoms with Gasteiger partial charge in [-0.15, -0.1) is 0 Å². The van der Waals surface area contributed by atoms with Crippen molar-refractivity contribution in [2.45, 2.75) is 20.0 Å². The van der Waals surface area contributed by atoms with E-state index in [2.05, 4.69) is 10.1 Å². The number of para-hydroxylation sites is 1. The van der Waals surface area contributed by atoms with E-state index in [9.17, 15) is 14.4 Å². The summed E-state index contributed by atoms with van der Waals surface area (Å²) in [5.74, 6) is -2.12. The maximum absolute atomic E-state index is 11.9. The fourth-order valence-corrected chi connectivity index (χ4v) is 1.52. The van der Waals surface area contributed by atoms with Crippen LogP contribution in [0.25, 0.3) is 0 Å². The van der Waals surface area contributed by atoms with Crippen LogP contribution in [0.1, 0.15) is 19.4 Å². The maximum atomic E-state index is 11.9. The van der Waals surface area contributed by atoms with Gasteiger partial charge in [0.1, 0.15) is 6.07 Å². The first kappa shape index (κ1) is 17.9. The van der Waals surface area contributed by atoms with E-state index in [0.29, 0.717) is 11.3 Å². The minimum absolute atomic E-state index is 0.190. The fourth-order valence-electron chi connectivity index (χ4n) is 1.52. The topological polar surface area (TPSA) is 105 Å². The number of anilines is 1. The Labute approximate surface area is 133 Å². The summed E-state index contributed by atoms with van der Waals surface area (Å²) in [6, 6.07) is 8.38. The third-order valence-corrected chi connectivity index (χ3v) is 2.61. The van der Waals surface area contributed by atoms with Gasteiger partial charge in [0.25, 0.3) is 5.91 Å². The summed E-state index contributed by atoms with van der Waals surface area (Å²) < 4.78 is 9.46. The second kappa shape index (κ2) is 9.00. The van der Waals surface area contributed by atoms with Crippen LogP contribution in [0.3, 0.4) is 0 Å². The zero-order valence-electron chi connectivity index (χ0n) is 12.7. The third-order valence-electron chi connectivity index (χ3n) is 2.61. The number of nitrogens with zero attached hydrogens (tertiary/aromatic N) is 1. The smallest absolute Gasteiger partial charge is 0.331 e. The number of ether oxygens (including phenoxy) is 2. The maximum Gasteiger partial charge on any atom is 0.331 e. The zero-order valence-corrected chi connectivity index (χ0v) is 12.7. The van der Waals surface area contributed by atoms with Gasteiger partial charge < -0.3 is 14.8 Å². The van der Waals surface area contributed by atoms with Gasteiger partial charge in [-0.2, -0.15) is 5.26 Å². The van der Waals surface area contributed by atoms with Crippen LogP contribution in [0.5, 0.6) is 0 Å². The summed E-state index contributed by atoms with van der Waals surface area (Å²) >= 11 is 0. The van der Waals surface area contributed by atoms with Crippen molar-refractivity contribution < 1.29 is 23.9 Å². The molecule has 120 valence electrons. The highest BCUT2D eigenvalue weighted by atomic mass is 16.5. The van der Waals surface area contributed by atoms with Crippen molar-refractivity contribution in [3.63, 3.8) is 0 Å². The lowest BCUT2D eigenvalue weighted by molar-refractivity contribution is -0.148. The molecule has 0 aliphatic carbocycles. The van der Waals surface area contributed by atoms with Crippen molar-refractivity contribution in [2.75, 3.05) is 11.9 Å². The molecule has 1 amide bonds.